The fraction of sp³-hybridized carbons (Fsp3) is 0.100. The number of hydrogen-bond donors (Lipinski definition) is 1. The number of anilines is 1. The number of nitrogens with two attached hydrogens (primary N) is 1. The van der Waals surface area contributed by atoms with Crippen molar-refractivity contribution >= 4 is 52.4 Å². The van der Waals surface area contributed by atoms with Gasteiger partial charge in [0, 0.05) is 15.3 Å². The average Bonchev–Trinajstić information content (AvgIpc) is 2.18. The number of nitrogen functional groups attached to an aromatic ring is 1. The van der Waals surface area contributed by atoms with E-state index in [0.29, 0.717) is 10.7 Å². The minimum atomic E-state index is 0. The number of hydrogen-bond acceptors (Lipinski definition) is 3. The van der Waals surface area contributed by atoms with E-state index < -0.39 is 0 Å². The molecule has 80 valence electrons. The van der Waals surface area contributed by atoms with Gasteiger partial charge < -0.3 is 5.73 Å². The first-order chi connectivity index (χ1) is 6.72. The van der Waals surface area contributed by atoms with Crippen molar-refractivity contribution < 1.29 is 0 Å². The second kappa shape index (κ2) is 4.92. The van der Waals surface area contributed by atoms with Gasteiger partial charge in [0.2, 0.25) is 0 Å². The highest BCUT2D eigenvalue weighted by atomic mass is 35.5. The number of thioether (sulfide) groups is 1. The molecule has 2 rings (SSSR count). The SMILES string of the molecule is CSc1c(N)cnc2cc(Cl)ccc12.Cl. The topological polar surface area (TPSA) is 38.9 Å². The molecular formula is C10H10Cl2N2S. The fourth-order valence-electron chi connectivity index (χ4n) is 1.38. The Morgan fingerprint density at radius 1 is 1.40 bits per heavy atom. The van der Waals surface area contributed by atoms with E-state index in [2.05, 4.69) is 4.98 Å². The third kappa shape index (κ3) is 2.30. The van der Waals surface area contributed by atoms with Gasteiger partial charge in [-0.15, -0.1) is 24.2 Å². The Balaban J connectivity index is 0.00000112. The molecule has 2 nitrogen and oxygen atoms in total. The lowest BCUT2D eigenvalue weighted by Gasteiger charge is -2.06. The molecule has 5 heteroatoms. The van der Waals surface area contributed by atoms with Crippen LogP contribution in [0.15, 0.2) is 29.3 Å². The van der Waals surface area contributed by atoms with Crippen molar-refractivity contribution in [2.75, 3.05) is 12.0 Å². The van der Waals surface area contributed by atoms with Gasteiger partial charge >= 0.3 is 0 Å². The van der Waals surface area contributed by atoms with E-state index in [1.54, 1.807) is 18.0 Å². The first-order valence-corrected chi connectivity index (χ1v) is 5.70. The molecule has 0 aliphatic carbocycles. The molecule has 0 amide bonds. The van der Waals surface area contributed by atoms with Crippen LogP contribution < -0.4 is 5.73 Å². The largest absolute Gasteiger partial charge is 0.397 e. The van der Waals surface area contributed by atoms with Crippen LogP contribution in [0.25, 0.3) is 10.9 Å². The molecule has 2 aromatic rings. The van der Waals surface area contributed by atoms with E-state index in [0.717, 1.165) is 15.8 Å². The lowest BCUT2D eigenvalue weighted by Crippen LogP contribution is -1.91. The van der Waals surface area contributed by atoms with Crippen molar-refractivity contribution in [1.82, 2.24) is 4.98 Å². The summed E-state index contributed by atoms with van der Waals surface area (Å²) in [5, 5.41) is 1.75. The lowest BCUT2D eigenvalue weighted by molar-refractivity contribution is 1.36. The third-order valence-electron chi connectivity index (χ3n) is 2.01. The van der Waals surface area contributed by atoms with Gasteiger partial charge in [0.05, 0.1) is 17.4 Å². The Morgan fingerprint density at radius 2 is 2.13 bits per heavy atom. The zero-order valence-corrected chi connectivity index (χ0v) is 10.4. The molecule has 0 aliphatic rings. The summed E-state index contributed by atoms with van der Waals surface area (Å²) in [5.41, 5.74) is 7.42. The molecule has 0 aliphatic heterocycles. The summed E-state index contributed by atoms with van der Waals surface area (Å²) < 4.78 is 0. The van der Waals surface area contributed by atoms with E-state index in [9.17, 15) is 0 Å². The molecule has 0 radical (unpaired) electrons. The maximum atomic E-state index is 5.88. The van der Waals surface area contributed by atoms with Gasteiger partial charge in [-0.05, 0) is 18.4 Å². The second-order valence-electron chi connectivity index (χ2n) is 2.91. The highest BCUT2D eigenvalue weighted by molar-refractivity contribution is 7.99. The van der Waals surface area contributed by atoms with Crippen molar-refractivity contribution in [3.05, 3.63) is 29.4 Å². The molecule has 2 N–H and O–H groups in total. The van der Waals surface area contributed by atoms with E-state index in [-0.39, 0.29) is 12.4 Å². The van der Waals surface area contributed by atoms with Crippen molar-refractivity contribution in [2.24, 2.45) is 0 Å². The van der Waals surface area contributed by atoms with Crippen molar-refractivity contribution in [3.63, 3.8) is 0 Å². The van der Waals surface area contributed by atoms with Gasteiger partial charge in [0.25, 0.3) is 0 Å². The Hall–Kier alpha value is -0.640. The minimum Gasteiger partial charge on any atom is -0.397 e. The molecule has 1 aromatic heterocycles. The van der Waals surface area contributed by atoms with Gasteiger partial charge in [-0.3, -0.25) is 4.98 Å². The maximum Gasteiger partial charge on any atom is 0.0729 e. The van der Waals surface area contributed by atoms with Gasteiger partial charge in [0.1, 0.15) is 0 Å². The Kier molecular flexibility index (Phi) is 4.08. The zero-order chi connectivity index (χ0) is 10.1. The number of halogens is 2. The normalized spacial score (nSPS) is 10.0. The quantitative estimate of drug-likeness (QED) is 0.797. The number of rotatable bonds is 1. The fourth-order valence-corrected chi connectivity index (χ4v) is 2.23. The molecule has 1 heterocycles. The monoisotopic (exact) mass is 260 g/mol. The number of aromatic nitrogens is 1. The molecule has 0 saturated carbocycles. The predicted octanol–water partition coefficient (Wildman–Crippen LogP) is 3.61. The number of fused-ring (bicyclic) bond motifs is 1. The Morgan fingerprint density at radius 3 is 2.80 bits per heavy atom. The number of pyridine rings is 1. The summed E-state index contributed by atoms with van der Waals surface area (Å²) in [6, 6.07) is 5.65. The third-order valence-corrected chi connectivity index (χ3v) is 3.11. The van der Waals surface area contributed by atoms with Gasteiger partial charge in [-0.1, -0.05) is 17.7 Å². The average molecular weight is 261 g/mol. The van der Waals surface area contributed by atoms with E-state index >= 15 is 0 Å². The smallest absolute Gasteiger partial charge is 0.0729 e. The molecular weight excluding hydrogens is 251 g/mol. The predicted molar refractivity (Wildman–Crippen MR) is 70.2 cm³/mol. The summed E-state index contributed by atoms with van der Waals surface area (Å²) in [4.78, 5) is 5.29. The van der Waals surface area contributed by atoms with Crippen molar-refractivity contribution in [2.45, 2.75) is 4.90 Å². The van der Waals surface area contributed by atoms with Crippen LogP contribution in [0.3, 0.4) is 0 Å². The van der Waals surface area contributed by atoms with Crippen LogP contribution in [0.1, 0.15) is 0 Å². The van der Waals surface area contributed by atoms with Crippen LogP contribution in [0.2, 0.25) is 5.02 Å². The van der Waals surface area contributed by atoms with Crippen LogP contribution in [0.5, 0.6) is 0 Å². The van der Waals surface area contributed by atoms with Gasteiger partial charge in [-0.2, -0.15) is 0 Å². The zero-order valence-electron chi connectivity index (χ0n) is 8.03. The van der Waals surface area contributed by atoms with Crippen molar-refractivity contribution in [3.8, 4) is 0 Å². The number of benzene rings is 1. The van der Waals surface area contributed by atoms with Crippen molar-refractivity contribution in [1.29, 1.82) is 0 Å². The molecule has 15 heavy (non-hydrogen) atoms. The first-order valence-electron chi connectivity index (χ1n) is 4.10. The minimum absolute atomic E-state index is 0. The summed E-state index contributed by atoms with van der Waals surface area (Å²) >= 11 is 7.50. The molecule has 0 spiro atoms. The van der Waals surface area contributed by atoms with Crippen LogP contribution in [0, 0.1) is 0 Å². The molecule has 0 bridgehead atoms. The van der Waals surface area contributed by atoms with Crippen LogP contribution in [-0.2, 0) is 0 Å². The van der Waals surface area contributed by atoms with Gasteiger partial charge in [-0.25, -0.2) is 0 Å². The summed E-state index contributed by atoms with van der Waals surface area (Å²) in [6.45, 7) is 0. The molecule has 0 unspecified atom stereocenters. The highest BCUT2D eigenvalue weighted by Crippen LogP contribution is 2.31. The maximum absolute atomic E-state index is 5.88. The lowest BCUT2D eigenvalue weighted by atomic mass is 10.2. The van der Waals surface area contributed by atoms with E-state index in [1.165, 1.54) is 0 Å². The molecule has 0 fully saturated rings. The number of nitrogens with zero attached hydrogens (tertiary/aromatic N) is 1. The second-order valence-corrected chi connectivity index (χ2v) is 4.16. The summed E-state index contributed by atoms with van der Waals surface area (Å²) in [5.74, 6) is 0. The van der Waals surface area contributed by atoms with Crippen LogP contribution >= 0.6 is 35.8 Å². The molecule has 1 aromatic carbocycles. The summed E-state index contributed by atoms with van der Waals surface area (Å²) in [7, 11) is 0. The Labute approximate surface area is 104 Å². The standard InChI is InChI=1S/C10H9ClN2S.ClH/c1-14-10-7-3-2-6(11)4-9(7)13-5-8(10)12;/h2-5H,12H2,1H3;1H. The van der Waals surface area contributed by atoms with Crippen LogP contribution in [-0.4, -0.2) is 11.2 Å². The van der Waals surface area contributed by atoms with Crippen LogP contribution in [0.4, 0.5) is 5.69 Å². The van der Waals surface area contributed by atoms with Gasteiger partial charge in [0.15, 0.2) is 0 Å². The van der Waals surface area contributed by atoms with E-state index in [4.69, 9.17) is 17.3 Å². The first kappa shape index (κ1) is 12.4. The van der Waals surface area contributed by atoms with E-state index in [1.807, 2.05) is 24.5 Å². The highest BCUT2D eigenvalue weighted by Gasteiger charge is 2.05. The molecule has 0 saturated heterocycles. The summed E-state index contributed by atoms with van der Waals surface area (Å²) in [6.07, 6.45) is 3.67. The Bertz CT molecular complexity index is 488. The molecule has 0 atom stereocenters.